The largest absolute Gasteiger partial charge is 0.303 e. The van der Waals surface area contributed by atoms with Crippen LogP contribution in [0.15, 0.2) is 0 Å². The molecule has 1 heteroatoms. The van der Waals surface area contributed by atoms with E-state index in [9.17, 15) is 0 Å². The van der Waals surface area contributed by atoms with Crippen molar-refractivity contribution >= 4 is 0 Å². The van der Waals surface area contributed by atoms with Gasteiger partial charge in [-0.25, -0.2) is 0 Å². The second-order valence-electron chi connectivity index (χ2n) is 4.32. The van der Waals surface area contributed by atoms with Gasteiger partial charge in [0.1, 0.15) is 0 Å². The van der Waals surface area contributed by atoms with Crippen molar-refractivity contribution in [1.82, 2.24) is 4.90 Å². The van der Waals surface area contributed by atoms with E-state index in [0.717, 1.165) is 12.0 Å². The highest BCUT2D eigenvalue weighted by molar-refractivity contribution is 4.81. The predicted molar refractivity (Wildman–Crippen MR) is 47.6 cm³/mol. The molecule has 2 atom stereocenters. The van der Waals surface area contributed by atoms with E-state index < -0.39 is 0 Å². The zero-order chi connectivity index (χ0) is 7.68. The number of rotatable bonds is 0. The van der Waals surface area contributed by atoms with Gasteiger partial charge in [-0.3, -0.25) is 0 Å². The highest BCUT2D eigenvalue weighted by Crippen LogP contribution is 2.30. The summed E-state index contributed by atoms with van der Waals surface area (Å²) in [5.41, 5.74) is 0. The first kappa shape index (κ1) is 7.60. The van der Waals surface area contributed by atoms with E-state index >= 15 is 0 Å². The summed E-state index contributed by atoms with van der Waals surface area (Å²) in [5, 5.41) is 0. The third-order valence-corrected chi connectivity index (χ3v) is 3.48. The molecule has 2 heterocycles. The van der Waals surface area contributed by atoms with E-state index in [1.54, 1.807) is 0 Å². The van der Waals surface area contributed by atoms with Crippen LogP contribution in [0.3, 0.4) is 0 Å². The predicted octanol–water partition coefficient (Wildman–Crippen LogP) is 2.27. The molecule has 3 fully saturated rings. The first-order valence-corrected chi connectivity index (χ1v) is 5.06. The monoisotopic (exact) mass is 153 g/mol. The van der Waals surface area contributed by atoms with Crippen LogP contribution in [0.4, 0.5) is 0 Å². The zero-order valence-corrected chi connectivity index (χ0v) is 7.55. The van der Waals surface area contributed by atoms with Gasteiger partial charge in [-0.15, -0.1) is 0 Å². The van der Waals surface area contributed by atoms with Crippen LogP contribution in [-0.2, 0) is 0 Å². The van der Waals surface area contributed by atoms with Crippen LogP contribution in [0.2, 0.25) is 0 Å². The fraction of sp³-hybridized carbons (Fsp3) is 1.00. The molecule has 1 unspecified atom stereocenters. The van der Waals surface area contributed by atoms with Gasteiger partial charge >= 0.3 is 0 Å². The normalized spacial score (nSPS) is 40.1. The summed E-state index contributed by atoms with van der Waals surface area (Å²) in [4.78, 5) is 2.59. The van der Waals surface area contributed by atoms with Crippen molar-refractivity contribution in [1.29, 1.82) is 0 Å². The molecule has 3 rings (SSSR count). The smallest absolute Gasteiger partial charge is 0.00924 e. The summed E-state index contributed by atoms with van der Waals surface area (Å²) in [5.74, 6) is 1.04. The quantitative estimate of drug-likeness (QED) is 0.516. The van der Waals surface area contributed by atoms with Crippen molar-refractivity contribution in [3.63, 3.8) is 0 Å². The first-order valence-electron chi connectivity index (χ1n) is 5.06. The van der Waals surface area contributed by atoms with E-state index in [4.69, 9.17) is 0 Å². The Morgan fingerprint density at radius 2 is 1.82 bits per heavy atom. The number of hydrogen-bond acceptors (Lipinski definition) is 1. The highest BCUT2D eigenvalue weighted by atomic mass is 15.1. The molecule has 2 saturated heterocycles. The van der Waals surface area contributed by atoms with E-state index in [0.29, 0.717) is 0 Å². The molecule has 0 N–H and O–H groups in total. The molecule has 1 saturated carbocycles. The highest BCUT2D eigenvalue weighted by Gasteiger charge is 2.26. The molecule has 0 radical (unpaired) electrons. The third kappa shape index (κ3) is 1.58. The van der Waals surface area contributed by atoms with Crippen LogP contribution in [0, 0.1) is 5.92 Å². The molecule has 11 heavy (non-hydrogen) atoms. The maximum absolute atomic E-state index is 2.59. The van der Waals surface area contributed by atoms with Gasteiger partial charge < -0.3 is 4.90 Å². The lowest BCUT2D eigenvalue weighted by molar-refractivity contribution is 0.107. The average Bonchev–Trinajstić information content (AvgIpc) is 1.92. The number of fused-ring (bicyclic) bond motifs is 5. The number of hydrogen-bond donors (Lipinski definition) is 0. The Hall–Kier alpha value is -0.0400. The number of nitrogens with zero attached hydrogens (tertiary/aromatic N) is 1. The molecule has 0 aromatic carbocycles. The summed E-state index contributed by atoms with van der Waals surface area (Å²) >= 11 is 0. The van der Waals surface area contributed by atoms with Gasteiger partial charge in [0.2, 0.25) is 0 Å². The Balaban J connectivity index is 2.01. The molecule has 0 spiro atoms. The molecule has 0 aromatic rings. The van der Waals surface area contributed by atoms with Crippen LogP contribution in [-0.4, -0.2) is 24.5 Å². The summed E-state index contributed by atoms with van der Waals surface area (Å²) in [6.07, 6.45) is 8.91. The Morgan fingerprint density at radius 3 is 2.64 bits per heavy atom. The second kappa shape index (κ2) is 3.14. The minimum atomic E-state index is 0.937. The van der Waals surface area contributed by atoms with E-state index in [-0.39, 0.29) is 0 Å². The second-order valence-corrected chi connectivity index (χ2v) is 4.32. The lowest BCUT2D eigenvalue weighted by Gasteiger charge is -2.39. The van der Waals surface area contributed by atoms with Crippen LogP contribution < -0.4 is 0 Å². The molecule has 1 aliphatic carbocycles. The Labute approximate surface area is 69.8 Å². The lowest BCUT2D eigenvalue weighted by atomic mass is 9.84. The lowest BCUT2D eigenvalue weighted by Crippen LogP contribution is -2.41. The SMILES string of the molecule is CN1C[C@@H]2CCCCC1CC2. The van der Waals surface area contributed by atoms with Crippen LogP contribution >= 0.6 is 0 Å². The molecular formula is C10H19N. The maximum Gasteiger partial charge on any atom is 0.00924 e. The van der Waals surface area contributed by atoms with Gasteiger partial charge in [-0.2, -0.15) is 0 Å². The van der Waals surface area contributed by atoms with Crippen LogP contribution in [0.25, 0.3) is 0 Å². The van der Waals surface area contributed by atoms with Crippen LogP contribution in [0.1, 0.15) is 38.5 Å². The molecule has 2 aliphatic heterocycles. The van der Waals surface area contributed by atoms with E-state index in [1.165, 1.54) is 45.1 Å². The minimum absolute atomic E-state index is 0.937. The van der Waals surface area contributed by atoms with Crippen molar-refractivity contribution in [2.24, 2.45) is 5.92 Å². The van der Waals surface area contributed by atoms with Crippen molar-refractivity contribution in [3.8, 4) is 0 Å². The third-order valence-electron chi connectivity index (χ3n) is 3.48. The standard InChI is InChI=1S/C10H19N/c1-11-8-9-4-2-3-5-10(11)7-6-9/h9-10H,2-8H2,1H3/t9-,10?/m1/s1. The minimum Gasteiger partial charge on any atom is -0.303 e. The van der Waals surface area contributed by atoms with Crippen molar-refractivity contribution in [2.75, 3.05) is 13.6 Å². The maximum atomic E-state index is 2.59. The van der Waals surface area contributed by atoms with Gasteiger partial charge in [0.25, 0.3) is 0 Å². The summed E-state index contributed by atoms with van der Waals surface area (Å²) in [6, 6.07) is 0.937. The molecular weight excluding hydrogens is 134 g/mol. The van der Waals surface area contributed by atoms with E-state index in [1.807, 2.05) is 0 Å². The summed E-state index contributed by atoms with van der Waals surface area (Å²) in [7, 11) is 2.31. The van der Waals surface area contributed by atoms with Crippen molar-refractivity contribution in [3.05, 3.63) is 0 Å². The van der Waals surface area contributed by atoms with Gasteiger partial charge in [0.15, 0.2) is 0 Å². The molecule has 0 aromatic heterocycles. The van der Waals surface area contributed by atoms with Gasteiger partial charge in [-0.1, -0.05) is 12.8 Å². The average molecular weight is 153 g/mol. The van der Waals surface area contributed by atoms with Gasteiger partial charge in [0, 0.05) is 12.6 Å². The zero-order valence-electron chi connectivity index (χ0n) is 7.55. The summed E-state index contributed by atoms with van der Waals surface area (Å²) in [6.45, 7) is 1.38. The molecule has 2 bridgehead atoms. The van der Waals surface area contributed by atoms with Gasteiger partial charge in [-0.05, 0) is 38.6 Å². The Morgan fingerprint density at radius 1 is 1.00 bits per heavy atom. The summed E-state index contributed by atoms with van der Waals surface area (Å²) < 4.78 is 0. The van der Waals surface area contributed by atoms with Crippen molar-refractivity contribution in [2.45, 2.75) is 44.6 Å². The van der Waals surface area contributed by atoms with Gasteiger partial charge in [0.05, 0.1) is 0 Å². The van der Waals surface area contributed by atoms with Crippen LogP contribution in [0.5, 0.6) is 0 Å². The fourth-order valence-electron chi connectivity index (χ4n) is 2.71. The molecule has 3 aliphatic rings. The molecule has 64 valence electrons. The molecule has 0 amide bonds. The number of piperidine rings is 1. The fourth-order valence-corrected chi connectivity index (χ4v) is 2.71. The topological polar surface area (TPSA) is 3.24 Å². The Bertz CT molecular complexity index is 129. The molecule has 1 nitrogen and oxygen atoms in total. The van der Waals surface area contributed by atoms with Crippen molar-refractivity contribution < 1.29 is 0 Å². The van der Waals surface area contributed by atoms with E-state index in [2.05, 4.69) is 11.9 Å². The Kier molecular flexibility index (Phi) is 2.17. The first-order chi connectivity index (χ1) is 5.36.